The summed E-state index contributed by atoms with van der Waals surface area (Å²) < 4.78 is 13.9. The van der Waals surface area contributed by atoms with E-state index in [1.54, 1.807) is 31.9 Å². The van der Waals surface area contributed by atoms with Crippen LogP contribution in [0.25, 0.3) is 0 Å². The van der Waals surface area contributed by atoms with Gasteiger partial charge in [0.2, 0.25) is 0 Å². The summed E-state index contributed by atoms with van der Waals surface area (Å²) >= 11 is 0. The second-order valence-electron chi connectivity index (χ2n) is 5.17. The molecule has 1 rings (SSSR count). The molecule has 3 N–H and O–H groups in total. The Bertz CT molecular complexity index is 385. The van der Waals surface area contributed by atoms with Gasteiger partial charge in [0.15, 0.2) is 0 Å². The van der Waals surface area contributed by atoms with Crippen LogP contribution in [-0.2, 0) is 0 Å². The minimum absolute atomic E-state index is 0.182. The maximum absolute atomic E-state index is 13.9. The van der Waals surface area contributed by atoms with Gasteiger partial charge in [-0.05, 0) is 38.5 Å². The number of likely N-dealkylation sites (N-methyl/N-ethyl adjacent to an activating group) is 1. The van der Waals surface area contributed by atoms with Gasteiger partial charge < -0.3 is 15.7 Å². The number of benzene rings is 1. The summed E-state index contributed by atoms with van der Waals surface area (Å²) in [4.78, 5) is 1.69. The van der Waals surface area contributed by atoms with Gasteiger partial charge in [-0.25, -0.2) is 4.39 Å². The lowest BCUT2D eigenvalue weighted by Crippen LogP contribution is -2.36. The molecule has 0 radical (unpaired) electrons. The summed E-state index contributed by atoms with van der Waals surface area (Å²) in [5.74, 6) is -0.313. The zero-order chi connectivity index (χ0) is 13.2. The van der Waals surface area contributed by atoms with Gasteiger partial charge in [-0.3, -0.25) is 0 Å². The summed E-state index contributed by atoms with van der Waals surface area (Å²) in [6.07, 6.45) is 0. The number of anilines is 1. The molecule has 96 valence electrons. The SMILES string of the molecule is C[C@@H](N)c1ccc(N(C)CC(C)(C)O)c(F)c1. The van der Waals surface area contributed by atoms with Crippen molar-refractivity contribution < 1.29 is 9.50 Å². The summed E-state index contributed by atoms with van der Waals surface area (Å²) in [5.41, 5.74) is 6.07. The number of nitrogens with two attached hydrogens (primary N) is 1. The fourth-order valence-corrected chi connectivity index (χ4v) is 1.78. The smallest absolute Gasteiger partial charge is 0.146 e. The van der Waals surface area contributed by atoms with Crippen molar-refractivity contribution >= 4 is 5.69 Å². The molecule has 0 saturated carbocycles. The first-order chi connectivity index (χ1) is 7.70. The minimum atomic E-state index is -0.860. The van der Waals surface area contributed by atoms with Crippen LogP contribution in [0.2, 0.25) is 0 Å². The van der Waals surface area contributed by atoms with Gasteiger partial charge in [0.1, 0.15) is 5.82 Å². The topological polar surface area (TPSA) is 49.5 Å². The molecule has 0 aliphatic carbocycles. The molecule has 0 saturated heterocycles. The average molecular weight is 240 g/mol. The third kappa shape index (κ3) is 3.98. The highest BCUT2D eigenvalue weighted by atomic mass is 19.1. The van der Waals surface area contributed by atoms with Gasteiger partial charge in [-0.15, -0.1) is 0 Å². The lowest BCUT2D eigenvalue weighted by molar-refractivity contribution is 0.0885. The van der Waals surface area contributed by atoms with Crippen LogP contribution in [0.4, 0.5) is 10.1 Å². The highest BCUT2D eigenvalue weighted by molar-refractivity contribution is 5.49. The van der Waals surface area contributed by atoms with Gasteiger partial charge in [-0.1, -0.05) is 6.07 Å². The molecular weight excluding hydrogens is 219 g/mol. The predicted molar refractivity (Wildman–Crippen MR) is 68.6 cm³/mol. The molecule has 0 bridgehead atoms. The highest BCUT2D eigenvalue weighted by Gasteiger charge is 2.18. The Hall–Kier alpha value is -1.13. The minimum Gasteiger partial charge on any atom is -0.389 e. The van der Waals surface area contributed by atoms with E-state index in [9.17, 15) is 9.50 Å². The van der Waals surface area contributed by atoms with Crippen LogP contribution in [0.5, 0.6) is 0 Å². The summed E-state index contributed by atoms with van der Waals surface area (Å²) in [5, 5.41) is 9.70. The molecule has 0 fully saturated rings. The third-order valence-corrected chi connectivity index (χ3v) is 2.53. The van der Waals surface area contributed by atoms with E-state index in [2.05, 4.69) is 0 Å². The van der Waals surface area contributed by atoms with E-state index in [1.165, 1.54) is 6.07 Å². The molecule has 1 atom stereocenters. The van der Waals surface area contributed by atoms with E-state index in [-0.39, 0.29) is 11.9 Å². The maximum Gasteiger partial charge on any atom is 0.146 e. The van der Waals surface area contributed by atoms with Crippen LogP contribution < -0.4 is 10.6 Å². The third-order valence-electron chi connectivity index (χ3n) is 2.53. The van der Waals surface area contributed by atoms with E-state index in [1.807, 2.05) is 13.0 Å². The molecule has 3 nitrogen and oxygen atoms in total. The zero-order valence-corrected chi connectivity index (χ0v) is 10.9. The molecule has 0 aliphatic heterocycles. The van der Waals surface area contributed by atoms with E-state index < -0.39 is 5.60 Å². The van der Waals surface area contributed by atoms with Crippen molar-refractivity contribution in [3.63, 3.8) is 0 Å². The van der Waals surface area contributed by atoms with Crippen LogP contribution in [0, 0.1) is 5.82 Å². The lowest BCUT2D eigenvalue weighted by atomic mass is 10.1. The quantitative estimate of drug-likeness (QED) is 0.847. The first kappa shape index (κ1) is 13.9. The predicted octanol–water partition coefficient (Wildman–Crippen LogP) is 2.05. The van der Waals surface area contributed by atoms with Crippen molar-refractivity contribution in [3.05, 3.63) is 29.6 Å². The summed E-state index contributed by atoms with van der Waals surface area (Å²) in [6, 6.07) is 4.77. The molecule has 0 aliphatic rings. The van der Waals surface area contributed by atoms with Crippen LogP contribution >= 0.6 is 0 Å². The Morgan fingerprint density at radius 3 is 2.47 bits per heavy atom. The first-order valence-corrected chi connectivity index (χ1v) is 5.69. The second-order valence-corrected chi connectivity index (χ2v) is 5.17. The van der Waals surface area contributed by atoms with Crippen molar-refractivity contribution in [2.24, 2.45) is 5.73 Å². The van der Waals surface area contributed by atoms with Gasteiger partial charge in [-0.2, -0.15) is 0 Å². The molecule has 0 heterocycles. The number of hydrogen-bond acceptors (Lipinski definition) is 3. The Kier molecular flexibility index (Phi) is 4.11. The van der Waals surface area contributed by atoms with Crippen molar-refractivity contribution in [3.8, 4) is 0 Å². The monoisotopic (exact) mass is 240 g/mol. The van der Waals surface area contributed by atoms with Gasteiger partial charge in [0.25, 0.3) is 0 Å². The number of halogens is 1. The normalized spacial score (nSPS) is 13.6. The molecule has 1 aromatic rings. The number of rotatable bonds is 4. The molecule has 4 heteroatoms. The Morgan fingerprint density at radius 2 is 2.06 bits per heavy atom. The van der Waals surface area contributed by atoms with Crippen LogP contribution in [-0.4, -0.2) is 24.3 Å². The van der Waals surface area contributed by atoms with Crippen LogP contribution in [0.1, 0.15) is 32.4 Å². The van der Waals surface area contributed by atoms with Crippen molar-refractivity contribution in [1.29, 1.82) is 0 Å². The van der Waals surface area contributed by atoms with Gasteiger partial charge >= 0.3 is 0 Å². The van der Waals surface area contributed by atoms with Crippen LogP contribution in [0.3, 0.4) is 0 Å². The van der Waals surface area contributed by atoms with E-state index in [0.717, 1.165) is 5.56 Å². The van der Waals surface area contributed by atoms with Gasteiger partial charge in [0.05, 0.1) is 11.3 Å². The first-order valence-electron chi connectivity index (χ1n) is 5.69. The molecule has 0 amide bonds. The van der Waals surface area contributed by atoms with E-state index in [4.69, 9.17) is 5.73 Å². The zero-order valence-electron chi connectivity index (χ0n) is 10.9. The standard InChI is InChI=1S/C13H21FN2O/c1-9(15)10-5-6-12(11(14)7-10)16(4)8-13(2,3)17/h5-7,9,17H,8,15H2,1-4H3/t9-/m1/s1. The number of nitrogens with zero attached hydrogens (tertiary/aromatic N) is 1. The Balaban J connectivity index is 2.92. The highest BCUT2D eigenvalue weighted by Crippen LogP contribution is 2.23. The molecule has 0 unspecified atom stereocenters. The maximum atomic E-state index is 13.9. The summed E-state index contributed by atoms with van der Waals surface area (Å²) in [6.45, 7) is 5.56. The average Bonchev–Trinajstić information content (AvgIpc) is 2.14. The van der Waals surface area contributed by atoms with Crippen molar-refractivity contribution in [1.82, 2.24) is 0 Å². The molecule has 1 aromatic carbocycles. The molecular formula is C13H21FN2O. The van der Waals surface area contributed by atoms with E-state index in [0.29, 0.717) is 12.2 Å². The fraction of sp³-hybridized carbons (Fsp3) is 0.538. The lowest BCUT2D eigenvalue weighted by Gasteiger charge is -2.27. The van der Waals surface area contributed by atoms with Gasteiger partial charge in [0, 0.05) is 19.6 Å². The van der Waals surface area contributed by atoms with Crippen molar-refractivity contribution in [2.75, 3.05) is 18.5 Å². The number of hydrogen-bond donors (Lipinski definition) is 2. The summed E-state index contributed by atoms with van der Waals surface area (Å²) in [7, 11) is 1.75. The molecule has 17 heavy (non-hydrogen) atoms. The Morgan fingerprint density at radius 1 is 1.47 bits per heavy atom. The molecule has 0 aromatic heterocycles. The second kappa shape index (κ2) is 5.02. The van der Waals surface area contributed by atoms with E-state index >= 15 is 0 Å². The van der Waals surface area contributed by atoms with Crippen molar-refractivity contribution in [2.45, 2.75) is 32.4 Å². The Labute approximate surface area is 102 Å². The molecule has 0 spiro atoms. The largest absolute Gasteiger partial charge is 0.389 e. The van der Waals surface area contributed by atoms with Crippen LogP contribution in [0.15, 0.2) is 18.2 Å². The fourth-order valence-electron chi connectivity index (χ4n) is 1.78. The number of aliphatic hydroxyl groups is 1.